The third-order valence-corrected chi connectivity index (χ3v) is 10.8. The standard InChI is InChI=1S/C23H31ClOSSi/c1-6-26-22(24)17-19(2)18-25-27(23(3,4)5,20-13-9-7-10-14-20)21-15-11-8-12-16-21/h7-17,19H,6,18H2,1-5H3/b22-17-. The third-order valence-electron chi connectivity index (χ3n) is 4.68. The van der Waals surface area contributed by atoms with Gasteiger partial charge in [0.1, 0.15) is 0 Å². The lowest BCUT2D eigenvalue weighted by Gasteiger charge is -2.43. The fourth-order valence-corrected chi connectivity index (χ4v) is 9.29. The molecule has 0 bridgehead atoms. The first-order valence-corrected chi connectivity index (χ1v) is 12.8. The van der Waals surface area contributed by atoms with Gasteiger partial charge in [0, 0.05) is 6.61 Å². The van der Waals surface area contributed by atoms with E-state index < -0.39 is 8.32 Å². The molecule has 2 rings (SSSR count). The Hall–Kier alpha value is -1.00. The average molecular weight is 419 g/mol. The lowest BCUT2D eigenvalue weighted by molar-refractivity contribution is 0.268. The molecule has 0 aliphatic carbocycles. The molecule has 0 aliphatic heterocycles. The van der Waals surface area contributed by atoms with Crippen molar-refractivity contribution in [2.75, 3.05) is 12.4 Å². The van der Waals surface area contributed by atoms with Crippen molar-refractivity contribution in [3.63, 3.8) is 0 Å². The topological polar surface area (TPSA) is 9.23 Å². The molecular weight excluding hydrogens is 388 g/mol. The molecule has 27 heavy (non-hydrogen) atoms. The molecule has 0 saturated heterocycles. The average Bonchev–Trinajstić information content (AvgIpc) is 2.63. The highest BCUT2D eigenvalue weighted by Crippen LogP contribution is 2.37. The number of rotatable bonds is 8. The van der Waals surface area contributed by atoms with Crippen molar-refractivity contribution in [2.45, 2.75) is 39.7 Å². The van der Waals surface area contributed by atoms with Crippen LogP contribution >= 0.6 is 23.4 Å². The van der Waals surface area contributed by atoms with E-state index in [0.717, 1.165) is 10.1 Å². The Balaban J connectivity index is 2.45. The molecule has 0 aromatic heterocycles. The SMILES string of the molecule is CCS/C(Cl)=C\C(C)CO[Si](c1ccccc1)(c1ccccc1)C(C)(C)C. The van der Waals surface area contributed by atoms with E-state index in [2.05, 4.69) is 101 Å². The molecule has 1 atom stereocenters. The van der Waals surface area contributed by atoms with Gasteiger partial charge in [-0.25, -0.2) is 0 Å². The van der Waals surface area contributed by atoms with Crippen LogP contribution in [0, 0.1) is 5.92 Å². The zero-order valence-electron chi connectivity index (χ0n) is 17.0. The number of thioether (sulfide) groups is 1. The molecule has 0 fully saturated rings. The smallest absolute Gasteiger partial charge is 0.261 e. The molecule has 2 aromatic carbocycles. The summed E-state index contributed by atoms with van der Waals surface area (Å²) < 4.78 is 7.79. The van der Waals surface area contributed by atoms with E-state index in [1.807, 2.05) is 0 Å². The van der Waals surface area contributed by atoms with E-state index in [4.69, 9.17) is 16.0 Å². The van der Waals surface area contributed by atoms with Crippen molar-refractivity contribution in [2.24, 2.45) is 5.92 Å². The van der Waals surface area contributed by atoms with Gasteiger partial charge in [-0.15, -0.1) is 11.8 Å². The van der Waals surface area contributed by atoms with Gasteiger partial charge in [0.2, 0.25) is 0 Å². The molecule has 1 nitrogen and oxygen atoms in total. The minimum atomic E-state index is -2.46. The minimum absolute atomic E-state index is 0.00110. The van der Waals surface area contributed by atoms with Crippen LogP contribution in [-0.4, -0.2) is 20.7 Å². The maximum Gasteiger partial charge on any atom is 0.261 e. The Morgan fingerprint density at radius 2 is 1.52 bits per heavy atom. The highest BCUT2D eigenvalue weighted by molar-refractivity contribution is 8.04. The molecule has 2 aromatic rings. The molecule has 0 radical (unpaired) electrons. The van der Waals surface area contributed by atoms with E-state index in [1.54, 1.807) is 11.8 Å². The van der Waals surface area contributed by atoms with Crippen molar-refractivity contribution < 1.29 is 4.43 Å². The highest BCUT2D eigenvalue weighted by atomic mass is 35.5. The van der Waals surface area contributed by atoms with E-state index in [-0.39, 0.29) is 11.0 Å². The van der Waals surface area contributed by atoms with Crippen LogP contribution in [0.25, 0.3) is 0 Å². The number of halogens is 1. The Morgan fingerprint density at radius 3 is 1.93 bits per heavy atom. The Morgan fingerprint density at radius 1 is 1.04 bits per heavy atom. The van der Waals surface area contributed by atoms with Crippen LogP contribution in [0.5, 0.6) is 0 Å². The lowest BCUT2D eigenvalue weighted by Crippen LogP contribution is -2.66. The van der Waals surface area contributed by atoms with Crippen molar-refractivity contribution in [1.82, 2.24) is 0 Å². The van der Waals surface area contributed by atoms with Gasteiger partial charge in [0.25, 0.3) is 8.32 Å². The lowest BCUT2D eigenvalue weighted by atomic mass is 10.2. The molecule has 0 amide bonds. The van der Waals surface area contributed by atoms with Crippen LogP contribution in [-0.2, 0) is 4.43 Å². The maximum absolute atomic E-state index is 6.93. The summed E-state index contributed by atoms with van der Waals surface area (Å²) in [6, 6.07) is 21.5. The fourth-order valence-electron chi connectivity index (χ4n) is 3.48. The Bertz CT molecular complexity index is 686. The van der Waals surface area contributed by atoms with E-state index in [0.29, 0.717) is 6.61 Å². The van der Waals surface area contributed by atoms with Crippen molar-refractivity contribution in [3.8, 4) is 0 Å². The summed E-state index contributed by atoms with van der Waals surface area (Å²) in [5, 5.41) is 2.63. The molecule has 0 saturated carbocycles. The summed E-state index contributed by atoms with van der Waals surface area (Å²) in [6.07, 6.45) is 2.12. The van der Waals surface area contributed by atoms with Crippen LogP contribution in [0.3, 0.4) is 0 Å². The van der Waals surface area contributed by atoms with Gasteiger partial charge < -0.3 is 4.43 Å². The Labute approximate surface area is 175 Å². The molecule has 0 heterocycles. The minimum Gasteiger partial charge on any atom is -0.407 e. The molecule has 0 N–H and O–H groups in total. The van der Waals surface area contributed by atoms with Crippen LogP contribution in [0.15, 0.2) is 71.1 Å². The predicted octanol–water partition coefficient (Wildman–Crippen LogP) is 6.03. The normalized spacial score (nSPS) is 14.2. The van der Waals surface area contributed by atoms with Gasteiger partial charge in [0.05, 0.1) is 4.36 Å². The molecule has 4 heteroatoms. The molecule has 146 valence electrons. The summed E-state index contributed by atoms with van der Waals surface area (Å²) in [5.74, 6) is 1.25. The first-order chi connectivity index (χ1) is 12.8. The Kier molecular flexibility index (Phi) is 8.23. The van der Waals surface area contributed by atoms with Crippen molar-refractivity contribution in [1.29, 1.82) is 0 Å². The summed E-state index contributed by atoms with van der Waals surface area (Å²) in [5.41, 5.74) is 0. The van der Waals surface area contributed by atoms with E-state index in [1.165, 1.54) is 10.4 Å². The van der Waals surface area contributed by atoms with Crippen molar-refractivity contribution in [3.05, 3.63) is 71.1 Å². The number of hydrogen-bond donors (Lipinski definition) is 0. The second-order valence-electron chi connectivity index (χ2n) is 7.86. The van der Waals surface area contributed by atoms with Crippen LogP contribution in [0.4, 0.5) is 0 Å². The van der Waals surface area contributed by atoms with Gasteiger partial charge in [-0.3, -0.25) is 0 Å². The summed E-state index contributed by atoms with van der Waals surface area (Å²) in [4.78, 5) is 0. The first kappa shape index (κ1) is 22.3. The molecular formula is C23H31ClOSSi. The van der Waals surface area contributed by atoms with Crippen LogP contribution < -0.4 is 10.4 Å². The van der Waals surface area contributed by atoms with E-state index >= 15 is 0 Å². The summed E-state index contributed by atoms with van der Waals surface area (Å²) >= 11 is 8.00. The van der Waals surface area contributed by atoms with Crippen LogP contribution in [0.1, 0.15) is 34.6 Å². The summed E-state index contributed by atoms with van der Waals surface area (Å²) in [7, 11) is -2.46. The molecule has 0 spiro atoms. The molecule has 1 unspecified atom stereocenters. The summed E-state index contributed by atoms with van der Waals surface area (Å²) in [6.45, 7) is 11.9. The maximum atomic E-state index is 6.93. The second-order valence-corrected chi connectivity index (χ2v) is 14.1. The van der Waals surface area contributed by atoms with Crippen LogP contribution in [0.2, 0.25) is 5.04 Å². The van der Waals surface area contributed by atoms with E-state index in [9.17, 15) is 0 Å². The molecule has 0 aliphatic rings. The zero-order valence-corrected chi connectivity index (χ0v) is 19.6. The van der Waals surface area contributed by atoms with Gasteiger partial charge >= 0.3 is 0 Å². The van der Waals surface area contributed by atoms with Gasteiger partial charge in [-0.2, -0.15) is 0 Å². The number of benzene rings is 2. The zero-order chi connectivity index (χ0) is 19.9. The van der Waals surface area contributed by atoms with Gasteiger partial charge in [-0.05, 0) is 27.1 Å². The predicted molar refractivity (Wildman–Crippen MR) is 125 cm³/mol. The van der Waals surface area contributed by atoms with Crippen molar-refractivity contribution >= 4 is 42.1 Å². The third kappa shape index (κ3) is 5.51. The quantitative estimate of drug-likeness (QED) is 0.484. The fraction of sp³-hybridized carbons (Fsp3) is 0.391. The first-order valence-electron chi connectivity index (χ1n) is 9.56. The van der Waals surface area contributed by atoms with Gasteiger partial charge in [-0.1, -0.05) is 113 Å². The number of hydrogen-bond acceptors (Lipinski definition) is 2. The van der Waals surface area contributed by atoms with Gasteiger partial charge in [0.15, 0.2) is 0 Å². The monoisotopic (exact) mass is 418 g/mol. The largest absolute Gasteiger partial charge is 0.407 e. The second kappa shape index (κ2) is 9.97. The highest BCUT2D eigenvalue weighted by Gasteiger charge is 2.50.